The molecular weight excluding hydrogens is 244 g/mol. The number of carbonyl (C=O) groups is 1. The van der Waals surface area contributed by atoms with E-state index in [1.165, 1.54) is 11.8 Å². The molecule has 1 heterocycles. The van der Waals surface area contributed by atoms with Crippen molar-refractivity contribution in [1.82, 2.24) is 0 Å². The first-order valence-electron chi connectivity index (χ1n) is 6.11. The second kappa shape index (κ2) is 3.77. The van der Waals surface area contributed by atoms with E-state index in [1.807, 2.05) is 6.92 Å². The third-order valence-corrected chi connectivity index (χ3v) is 5.39. The minimum atomic E-state index is -2.44. The Labute approximate surface area is 103 Å². The molecule has 1 aliphatic heterocycles. The Bertz CT molecular complexity index is 396. The van der Waals surface area contributed by atoms with Crippen molar-refractivity contribution in [2.45, 2.75) is 43.8 Å². The van der Waals surface area contributed by atoms with Crippen molar-refractivity contribution in [2.24, 2.45) is 22.7 Å². The van der Waals surface area contributed by atoms with Gasteiger partial charge in [-0.2, -0.15) is 0 Å². The van der Waals surface area contributed by atoms with E-state index >= 15 is 0 Å². The smallest absolute Gasteiger partial charge is 0.259 e. The van der Waals surface area contributed by atoms with E-state index in [0.29, 0.717) is 18.8 Å². The van der Waals surface area contributed by atoms with Crippen molar-refractivity contribution in [3.63, 3.8) is 0 Å². The molecule has 1 amide bonds. The number of thioether (sulfide) groups is 1. The molecular formula is C12H15F2NOS. The summed E-state index contributed by atoms with van der Waals surface area (Å²) in [6, 6.07) is 0. The van der Waals surface area contributed by atoms with Gasteiger partial charge in [0.1, 0.15) is 0 Å². The quantitative estimate of drug-likeness (QED) is 0.762. The van der Waals surface area contributed by atoms with Gasteiger partial charge in [0.25, 0.3) is 11.8 Å². The molecule has 0 spiro atoms. The number of nitrogens with zero attached hydrogens (tertiary/aromatic N) is 1. The lowest BCUT2D eigenvalue weighted by Gasteiger charge is -2.27. The van der Waals surface area contributed by atoms with Crippen LogP contribution in [0, 0.1) is 17.8 Å². The maximum absolute atomic E-state index is 13.4. The molecule has 2 bridgehead atoms. The third kappa shape index (κ3) is 1.92. The highest BCUT2D eigenvalue weighted by atomic mass is 32.2. The van der Waals surface area contributed by atoms with Gasteiger partial charge in [0.15, 0.2) is 0 Å². The molecule has 0 aromatic rings. The van der Waals surface area contributed by atoms with Crippen LogP contribution in [0.1, 0.15) is 32.6 Å². The van der Waals surface area contributed by atoms with Crippen molar-refractivity contribution in [3.05, 3.63) is 0 Å². The summed E-state index contributed by atoms with van der Waals surface area (Å²) in [5, 5.41) is 0.786. The highest BCUT2D eigenvalue weighted by Crippen LogP contribution is 2.57. The van der Waals surface area contributed by atoms with E-state index in [9.17, 15) is 13.6 Å². The zero-order valence-electron chi connectivity index (χ0n) is 9.66. The average molecular weight is 259 g/mol. The van der Waals surface area contributed by atoms with E-state index in [2.05, 4.69) is 4.99 Å². The first-order valence-corrected chi connectivity index (χ1v) is 6.99. The van der Waals surface area contributed by atoms with Gasteiger partial charge in [-0.1, -0.05) is 11.8 Å². The number of aliphatic imine (C=N–C) groups is 1. The number of hydrogen-bond donors (Lipinski definition) is 0. The van der Waals surface area contributed by atoms with E-state index in [-0.39, 0.29) is 23.5 Å². The van der Waals surface area contributed by atoms with E-state index in [1.54, 1.807) is 0 Å². The van der Waals surface area contributed by atoms with Gasteiger partial charge < -0.3 is 0 Å². The lowest BCUT2D eigenvalue weighted by Crippen LogP contribution is -2.28. The molecule has 2 aliphatic carbocycles. The van der Waals surface area contributed by atoms with Crippen LogP contribution >= 0.6 is 11.8 Å². The molecule has 17 heavy (non-hydrogen) atoms. The molecule has 2 nitrogen and oxygen atoms in total. The van der Waals surface area contributed by atoms with Crippen molar-refractivity contribution in [2.75, 3.05) is 0 Å². The topological polar surface area (TPSA) is 29.4 Å². The largest absolute Gasteiger partial charge is 0.271 e. The van der Waals surface area contributed by atoms with Gasteiger partial charge in [0.2, 0.25) is 0 Å². The second-order valence-electron chi connectivity index (χ2n) is 5.46. The summed E-state index contributed by atoms with van der Waals surface area (Å²) in [6.45, 7) is 1.85. The number of fused-ring (bicyclic) bond motifs is 2. The molecule has 94 valence electrons. The first-order chi connectivity index (χ1) is 7.95. The number of alkyl halides is 2. The zero-order chi connectivity index (χ0) is 12.2. The Balaban J connectivity index is 1.63. The van der Waals surface area contributed by atoms with Crippen LogP contribution in [-0.4, -0.2) is 22.1 Å². The van der Waals surface area contributed by atoms with Gasteiger partial charge in [0.05, 0.1) is 10.3 Å². The van der Waals surface area contributed by atoms with Crippen molar-refractivity contribution >= 4 is 22.7 Å². The summed E-state index contributed by atoms with van der Waals surface area (Å²) in [4.78, 5) is 15.3. The predicted octanol–water partition coefficient (Wildman–Crippen LogP) is 3.12. The van der Waals surface area contributed by atoms with Crippen LogP contribution in [0.5, 0.6) is 0 Å². The van der Waals surface area contributed by atoms with Crippen LogP contribution in [0.15, 0.2) is 4.99 Å². The summed E-state index contributed by atoms with van der Waals surface area (Å²) in [5.74, 6) is -2.46. The van der Waals surface area contributed by atoms with Crippen molar-refractivity contribution in [3.8, 4) is 0 Å². The first kappa shape index (κ1) is 11.6. The minimum Gasteiger partial charge on any atom is -0.271 e. The maximum atomic E-state index is 13.4. The molecule has 0 N–H and O–H groups in total. The van der Waals surface area contributed by atoms with Crippen molar-refractivity contribution in [1.29, 1.82) is 0 Å². The molecule has 3 rings (SSSR count). The minimum absolute atomic E-state index is 0.0454. The maximum Gasteiger partial charge on any atom is 0.259 e. The van der Waals surface area contributed by atoms with Gasteiger partial charge in [-0.25, -0.2) is 13.8 Å². The van der Waals surface area contributed by atoms with Gasteiger partial charge in [-0.15, -0.1) is 0 Å². The highest BCUT2D eigenvalue weighted by molar-refractivity contribution is 8.15. The summed E-state index contributed by atoms with van der Waals surface area (Å²) in [5.41, 5.74) is 0. The van der Waals surface area contributed by atoms with Crippen LogP contribution in [-0.2, 0) is 4.79 Å². The lowest BCUT2D eigenvalue weighted by molar-refractivity contribution is -0.116. The molecule has 2 saturated carbocycles. The second-order valence-corrected chi connectivity index (χ2v) is 6.88. The summed E-state index contributed by atoms with van der Waals surface area (Å²) in [7, 11) is 0. The Morgan fingerprint density at radius 3 is 2.71 bits per heavy atom. The van der Waals surface area contributed by atoms with Crippen LogP contribution < -0.4 is 0 Å². The molecule has 0 aromatic carbocycles. The van der Waals surface area contributed by atoms with Crippen LogP contribution in [0.4, 0.5) is 8.78 Å². The lowest BCUT2D eigenvalue weighted by atomic mass is 9.85. The summed E-state index contributed by atoms with van der Waals surface area (Å²) < 4.78 is 26.7. The fraction of sp³-hybridized carbons (Fsp3) is 0.833. The monoisotopic (exact) mass is 259 g/mol. The number of rotatable bonds is 2. The van der Waals surface area contributed by atoms with Gasteiger partial charge in [-0.3, -0.25) is 4.79 Å². The number of halogens is 2. The molecule has 0 aromatic heterocycles. The van der Waals surface area contributed by atoms with Crippen LogP contribution in [0.25, 0.3) is 0 Å². The van der Waals surface area contributed by atoms with E-state index in [4.69, 9.17) is 0 Å². The zero-order valence-corrected chi connectivity index (χ0v) is 10.5. The Hall–Kier alpha value is -0.450. The average Bonchev–Trinajstić information content (AvgIpc) is 2.81. The highest BCUT2D eigenvalue weighted by Gasteiger charge is 2.56. The standard InChI is InChI=1S/C12H15F2NOS/c1-6-11(16)15-10(17-6)4-7-2-9-3-8(7)5-12(9,13)14/h6-9H,2-5H2,1H3. The molecule has 2 fully saturated rings. The normalized spacial score (nSPS) is 43.2. The summed E-state index contributed by atoms with van der Waals surface area (Å²) >= 11 is 1.50. The number of amides is 1. The van der Waals surface area contributed by atoms with Crippen LogP contribution in [0.3, 0.4) is 0 Å². The summed E-state index contributed by atoms with van der Waals surface area (Å²) in [6.07, 6.45) is 2.06. The van der Waals surface area contributed by atoms with E-state index < -0.39 is 11.8 Å². The molecule has 4 unspecified atom stereocenters. The fourth-order valence-electron chi connectivity index (χ4n) is 3.39. The predicted molar refractivity (Wildman–Crippen MR) is 63.4 cm³/mol. The third-order valence-electron chi connectivity index (χ3n) is 4.31. The molecule has 5 heteroatoms. The fourth-order valence-corrected chi connectivity index (χ4v) is 4.40. The molecule has 0 radical (unpaired) electrons. The SMILES string of the molecule is CC1SC(CC2CC3CC2CC3(F)F)=NC1=O. The van der Waals surface area contributed by atoms with Gasteiger partial charge in [-0.05, 0) is 38.0 Å². The number of hydrogen-bond acceptors (Lipinski definition) is 2. The van der Waals surface area contributed by atoms with Gasteiger partial charge in [0, 0.05) is 12.3 Å². The molecule has 0 saturated heterocycles. The van der Waals surface area contributed by atoms with Gasteiger partial charge >= 0.3 is 0 Å². The van der Waals surface area contributed by atoms with Crippen molar-refractivity contribution < 1.29 is 13.6 Å². The molecule has 4 atom stereocenters. The Kier molecular flexibility index (Phi) is 2.58. The Morgan fingerprint density at radius 2 is 2.24 bits per heavy atom. The molecule has 3 aliphatic rings. The number of carbonyl (C=O) groups excluding carboxylic acids is 1. The van der Waals surface area contributed by atoms with Crippen LogP contribution in [0.2, 0.25) is 0 Å². The Morgan fingerprint density at radius 1 is 1.47 bits per heavy atom. The van der Waals surface area contributed by atoms with E-state index in [0.717, 1.165) is 11.5 Å².